The molecule has 0 heterocycles. The standard InChI is InChI=1S/C24H31NO5/c1-16(2)30-21(23(27)28)14-17-7-6-8-19(13-17)25-22(26)15-29-20-11-9-18(10-12-20)24(3,4)5/h6-13,16,21H,14-15H2,1-5H3,(H,25,26)(H,27,28). The van der Waals surface area contributed by atoms with Crippen LogP contribution in [0.5, 0.6) is 5.75 Å². The van der Waals surface area contributed by atoms with Crippen LogP contribution in [-0.2, 0) is 26.2 Å². The predicted octanol–water partition coefficient (Wildman–Crippen LogP) is 4.42. The van der Waals surface area contributed by atoms with Crippen LogP contribution in [0.25, 0.3) is 0 Å². The molecular weight excluding hydrogens is 382 g/mol. The molecule has 0 aliphatic heterocycles. The van der Waals surface area contributed by atoms with Gasteiger partial charge in [-0.05, 0) is 54.7 Å². The van der Waals surface area contributed by atoms with E-state index in [9.17, 15) is 14.7 Å². The highest BCUT2D eigenvalue weighted by Gasteiger charge is 2.20. The molecule has 0 aliphatic carbocycles. The number of carboxylic acids is 1. The first-order valence-electron chi connectivity index (χ1n) is 10.0. The summed E-state index contributed by atoms with van der Waals surface area (Å²) in [5.74, 6) is -0.675. The summed E-state index contributed by atoms with van der Waals surface area (Å²) in [5.41, 5.74) is 2.59. The number of hydrogen-bond donors (Lipinski definition) is 2. The van der Waals surface area contributed by atoms with Crippen LogP contribution in [0.4, 0.5) is 5.69 Å². The van der Waals surface area contributed by atoms with Crippen molar-refractivity contribution in [3.8, 4) is 5.75 Å². The summed E-state index contributed by atoms with van der Waals surface area (Å²) in [5, 5.41) is 12.1. The Bertz CT molecular complexity index is 853. The van der Waals surface area contributed by atoms with Gasteiger partial charge >= 0.3 is 5.97 Å². The van der Waals surface area contributed by atoms with Crippen molar-refractivity contribution in [1.82, 2.24) is 0 Å². The molecule has 162 valence electrons. The second-order valence-corrected chi connectivity index (χ2v) is 8.53. The SMILES string of the molecule is CC(C)OC(Cc1cccc(NC(=O)COc2ccc(C(C)(C)C)cc2)c1)C(=O)O. The summed E-state index contributed by atoms with van der Waals surface area (Å²) in [6.45, 7) is 9.88. The number of carboxylic acid groups (broad SMARTS) is 1. The minimum atomic E-state index is -1.01. The van der Waals surface area contributed by atoms with Crippen molar-refractivity contribution in [3.63, 3.8) is 0 Å². The van der Waals surface area contributed by atoms with Crippen LogP contribution < -0.4 is 10.1 Å². The average Bonchev–Trinajstić information content (AvgIpc) is 2.65. The molecule has 0 saturated carbocycles. The van der Waals surface area contributed by atoms with Crippen LogP contribution in [0.1, 0.15) is 45.7 Å². The molecule has 1 atom stereocenters. The van der Waals surface area contributed by atoms with Gasteiger partial charge in [-0.25, -0.2) is 4.79 Å². The maximum absolute atomic E-state index is 12.2. The average molecular weight is 414 g/mol. The van der Waals surface area contributed by atoms with Crippen molar-refractivity contribution >= 4 is 17.6 Å². The number of hydrogen-bond acceptors (Lipinski definition) is 4. The molecule has 6 heteroatoms. The molecule has 0 aromatic heterocycles. The zero-order valence-electron chi connectivity index (χ0n) is 18.3. The van der Waals surface area contributed by atoms with Gasteiger partial charge in [0.05, 0.1) is 6.10 Å². The van der Waals surface area contributed by atoms with Crippen LogP contribution in [0, 0.1) is 0 Å². The Balaban J connectivity index is 1.92. The van der Waals surface area contributed by atoms with E-state index in [0.29, 0.717) is 11.4 Å². The third kappa shape index (κ3) is 7.52. The number of carbonyl (C=O) groups is 2. The van der Waals surface area contributed by atoms with E-state index >= 15 is 0 Å². The number of amides is 1. The van der Waals surface area contributed by atoms with Gasteiger partial charge in [-0.1, -0.05) is 45.0 Å². The number of carbonyl (C=O) groups excluding carboxylic acids is 1. The molecule has 6 nitrogen and oxygen atoms in total. The highest BCUT2D eigenvalue weighted by Crippen LogP contribution is 2.24. The van der Waals surface area contributed by atoms with Crippen molar-refractivity contribution in [1.29, 1.82) is 0 Å². The van der Waals surface area contributed by atoms with Gasteiger partial charge < -0.3 is 19.9 Å². The van der Waals surface area contributed by atoms with Crippen LogP contribution >= 0.6 is 0 Å². The van der Waals surface area contributed by atoms with Crippen molar-refractivity contribution in [2.24, 2.45) is 0 Å². The Morgan fingerprint density at radius 3 is 2.30 bits per heavy atom. The normalized spacial score (nSPS) is 12.5. The number of ether oxygens (including phenoxy) is 2. The molecule has 1 amide bonds. The van der Waals surface area contributed by atoms with Crippen LogP contribution in [0.2, 0.25) is 0 Å². The first-order valence-corrected chi connectivity index (χ1v) is 10.0. The van der Waals surface area contributed by atoms with Crippen molar-refractivity contribution in [2.75, 3.05) is 11.9 Å². The lowest BCUT2D eigenvalue weighted by Gasteiger charge is -2.19. The summed E-state index contributed by atoms with van der Waals surface area (Å²) in [6.07, 6.45) is -0.910. The van der Waals surface area contributed by atoms with Gasteiger partial charge in [0, 0.05) is 12.1 Å². The van der Waals surface area contributed by atoms with Gasteiger partial charge in [0.25, 0.3) is 5.91 Å². The Labute approximate surface area is 178 Å². The zero-order chi connectivity index (χ0) is 22.3. The van der Waals surface area contributed by atoms with E-state index in [2.05, 4.69) is 26.1 Å². The lowest BCUT2D eigenvalue weighted by Crippen LogP contribution is -2.29. The van der Waals surface area contributed by atoms with Crippen LogP contribution in [0.3, 0.4) is 0 Å². The number of rotatable bonds is 9. The van der Waals surface area contributed by atoms with Crippen molar-refractivity contribution < 1.29 is 24.2 Å². The maximum atomic E-state index is 12.2. The van der Waals surface area contributed by atoms with E-state index < -0.39 is 12.1 Å². The molecular formula is C24H31NO5. The van der Waals surface area contributed by atoms with Gasteiger partial charge in [-0.2, -0.15) is 0 Å². The Morgan fingerprint density at radius 2 is 1.73 bits per heavy atom. The van der Waals surface area contributed by atoms with Gasteiger partial charge in [0.15, 0.2) is 12.7 Å². The first-order chi connectivity index (χ1) is 14.0. The molecule has 2 aromatic rings. The highest BCUT2D eigenvalue weighted by molar-refractivity contribution is 5.92. The third-order valence-corrected chi connectivity index (χ3v) is 4.43. The minimum Gasteiger partial charge on any atom is -0.484 e. The Hall–Kier alpha value is -2.86. The summed E-state index contributed by atoms with van der Waals surface area (Å²) in [6, 6.07) is 14.8. The monoisotopic (exact) mass is 413 g/mol. The van der Waals surface area contributed by atoms with E-state index in [0.717, 1.165) is 5.56 Å². The Kier molecular flexibility index (Phi) is 8.00. The van der Waals surface area contributed by atoms with Crippen molar-refractivity contribution in [3.05, 3.63) is 59.7 Å². The molecule has 30 heavy (non-hydrogen) atoms. The van der Waals surface area contributed by atoms with Crippen molar-refractivity contribution in [2.45, 2.75) is 58.7 Å². The molecule has 0 spiro atoms. The molecule has 0 fully saturated rings. The van der Waals surface area contributed by atoms with Crippen LogP contribution in [0.15, 0.2) is 48.5 Å². The Morgan fingerprint density at radius 1 is 1.07 bits per heavy atom. The van der Waals surface area contributed by atoms with E-state index in [4.69, 9.17) is 9.47 Å². The number of aliphatic carboxylic acids is 1. The molecule has 1 unspecified atom stereocenters. The highest BCUT2D eigenvalue weighted by atomic mass is 16.5. The number of nitrogens with one attached hydrogen (secondary N) is 1. The van der Waals surface area contributed by atoms with Gasteiger partial charge in [-0.15, -0.1) is 0 Å². The fraction of sp³-hybridized carbons (Fsp3) is 0.417. The zero-order valence-corrected chi connectivity index (χ0v) is 18.3. The van der Waals surface area contributed by atoms with Gasteiger partial charge in [-0.3, -0.25) is 4.79 Å². The van der Waals surface area contributed by atoms with E-state index in [1.165, 1.54) is 5.56 Å². The summed E-state index contributed by atoms with van der Waals surface area (Å²) in [4.78, 5) is 23.6. The molecule has 0 aliphatic rings. The largest absolute Gasteiger partial charge is 0.484 e. The second-order valence-electron chi connectivity index (χ2n) is 8.53. The molecule has 0 saturated heterocycles. The first kappa shape index (κ1) is 23.4. The lowest BCUT2D eigenvalue weighted by molar-refractivity contribution is -0.153. The predicted molar refractivity (Wildman–Crippen MR) is 117 cm³/mol. The topological polar surface area (TPSA) is 84.9 Å². The molecule has 0 bridgehead atoms. The summed E-state index contributed by atoms with van der Waals surface area (Å²) >= 11 is 0. The van der Waals surface area contributed by atoms with E-state index in [1.807, 2.05) is 30.3 Å². The van der Waals surface area contributed by atoms with Gasteiger partial charge in [0.2, 0.25) is 0 Å². The lowest BCUT2D eigenvalue weighted by atomic mass is 9.87. The minimum absolute atomic E-state index is 0.0563. The second kappa shape index (κ2) is 10.3. The fourth-order valence-corrected chi connectivity index (χ4v) is 2.91. The van der Waals surface area contributed by atoms with E-state index in [-0.39, 0.29) is 30.5 Å². The summed E-state index contributed by atoms with van der Waals surface area (Å²) < 4.78 is 11.0. The van der Waals surface area contributed by atoms with Crippen LogP contribution in [-0.4, -0.2) is 35.8 Å². The molecule has 2 N–H and O–H groups in total. The van der Waals surface area contributed by atoms with Gasteiger partial charge in [0.1, 0.15) is 5.75 Å². The maximum Gasteiger partial charge on any atom is 0.333 e. The fourth-order valence-electron chi connectivity index (χ4n) is 2.91. The third-order valence-electron chi connectivity index (χ3n) is 4.43. The molecule has 2 aromatic carbocycles. The molecule has 2 rings (SSSR count). The van der Waals surface area contributed by atoms with E-state index in [1.54, 1.807) is 32.0 Å². The number of benzene rings is 2. The molecule has 0 radical (unpaired) electrons. The number of anilines is 1. The summed E-state index contributed by atoms with van der Waals surface area (Å²) in [7, 11) is 0. The quantitative estimate of drug-likeness (QED) is 0.636. The smallest absolute Gasteiger partial charge is 0.333 e.